The first-order valence-corrected chi connectivity index (χ1v) is 5.67. The van der Waals surface area contributed by atoms with Crippen molar-refractivity contribution in [2.75, 3.05) is 12.5 Å². The highest BCUT2D eigenvalue weighted by Gasteiger charge is 2.28. The van der Waals surface area contributed by atoms with E-state index in [0.29, 0.717) is 10.6 Å². The first-order chi connectivity index (χ1) is 7.53. The summed E-state index contributed by atoms with van der Waals surface area (Å²) in [6.07, 6.45) is 0. The standard InChI is InChI=1S/C11H9Cl3O2/c12-7-11(16,4-1-5-15)9-3-2-8(13)6-10(9)14/h2-3,6,15-16H,5,7H2. The number of aliphatic hydroxyl groups is 2. The van der Waals surface area contributed by atoms with Crippen molar-refractivity contribution >= 4 is 34.8 Å². The zero-order valence-electron chi connectivity index (χ0n) is 8.17. The number of rotatable bonds is 2. The molecule has 2 nitrogen and oxygen atoms in total. The predicted octanol–water partition coefficient (Wildman–Crippen LogP) is 2.42. The molecular weight excluding hydrogens is 270 g/mol. The Morgan fingerprint density at radius 1 is 1.31 bits per heavy atom. The molecule has 0 fully saturated rings. The van der Waals surface area contributed by atoms with Gasteiger partial charge in [0.05, 0.1) is 5.88 Å². The molecule has 0 heterocycles. The fraction of sp³-hybridized carbons (Fsp3) is 0.273. The summed E-state index contributed by atoms with van der Waals surface area (Å²) in [5.41, 5.74) is -1.21. The van der Waals surface area contributed by atoms with E-state index in [2.05, 4.69) is 11.8 Å². The van der Waals surface area contributed by atoms with Crippen LogP contribution in [0.3, 0.4) is 0 Å². The van der Waals surface area contributed by atoms with Crippen LogP contribution >= 0.6 is 34.8 Å². The van der Waals surface area contributed by atoms with E-state index in [4.69, 9.17) is 39.9 Å². The van der Waals surface area contributed by atoms with Crippen LogP contribution in [0.2, 0.25) is 10.0 Å². The van der Waals surface area contributed by atoms with Crippen LogP contribution in [0.15, 0.2) is 18.2 Å². The second-order valence-electron chi connectivity index (χ2n) is 3.08. The second-order valence-corrected chi connectivity index (χ2v) is 4.19. The Hall–Kier alpha value is -0.430. The maximum Gasteiger partial charge on any atom is 0.165 e. The number of hydrogen-bond acceptors (Lipinski definition) is 2. The van der Waals surface area contributed by atoms with E-state index in [1.165, 1.54) is 6.07 Å². The van der Waals surface area contributed by atoms with Crippen LogP contribution in [0, 0.1) is 11.8 Å². The van der Waals surface area contributed by atoms with Crippen LogP contribution < -0.4 is 0 Å². The lowest BCUT2D eigenvalue weighted by Crippen LogP contribution is -2.26. The third-order valence-corrected chi connectivity index (χ3v) is 2.88. The molecule has 1 aromatic carbocycles. The summed E-state index contributed by atoms with van der Waals surface area (Å²) >= 11 is 17.3. The summed E-state index contributed by atoms with van der Waals surface area (Å²) in [4.78, 5) is 0. The molecule has 0 spiro atoms. The summed E-state index contributed by atoms with van der Waals surface area (Å²) in [5.74, 6) is 4.68. The predicted molar refractivity (Wildman–Crippen MR) is 65.9 cm³/mol. The molecule has 0 aromatic heterocycles. The number of benzene rings is 1. The second kappa shape index (κ2) is 5.77. The molecule has 86 valence electrons. The van der Waals surface area contributed by atoms with E-state index in [9.17, 15) is 5.11 Å². The van der Waals surface area contributed by atoms with Gasteiger partial charge < -0.3 is 10.2 Å². The highest BCUT2D eigenvalue weighted by molar-refractivity contribution is 6.35. The Morgan fingerprint density at radius 2 is 2.00 bits per heavy atom. The molecule has 1 aromatic rings. The van der Waals surface area contributed by atoms with Gasteiger partial charge in [-0.3, -0.25) is 0 Å². The van der Waals surface area contributed by atoms with Crippen LogP contribution in [0.5, 0.6) is 0 Å². The smallest absolute Gasteiger partial charge is 0.165 e. The Labute approximate surface area is 109 Å². The molecule has 1 rings (SSSR count). The number of hydrogen-bond donors (Lipinski definition) is 2. The van der Waals surface area contributed by atoms with E-state index >= 15 is 0 Å². The maximum absolute atomic E-state index is 10.1. The first-order valence-electron chi connectivity index (χ1n) is 4.38. The fourth-order valence-electron chi connectivity index (χ4n) is 1.18. The molecule has 2 N–H and O–H groups in total. The highest BCUT2D eigenvalue weighted by Crippen LogP contribution is 2.31. The lowest BCUT2D eigenvalue weighted by molar-refractivity contribution is 0.125. The van der Waals surface area contributed by atoms with Crippen LogP contribution in [0.1, 0.15) is 5.56 Å². The third kappa shape index (κ3) is 3.04. The van der Waals surface area contributed by atoms with Gasteiger partial charge in [0.15, 0.2) is 5.60 Å². The normalized spacial score (nSPS) is 13.8. The number of halogens is 3. The van der Waals surface area contributed by atoms with Crippen molar-refractivity contribution < 1.29 is 10.2 Å². The molecule has 0 radical (unpaired) electrons. The van der Waals surface area contributed by atoms with Crippen LogP contribution in [-0.2, 0) is 5.60 Å². The Kier molecular flexibility index (Phi) is 4.91. The van der Waals surface area contributed by atoms with Crippen molar-refractivity contribution in [1.82, 2.24) is 0 Å². The van der Waals surface area contributed by atoms with Gasteiger partial charge in [0.1, 0.15) is 6.61 Å². The van der Waals surface area contributed by atoms with E-state index in [0.717, 1.165) is 0 Å². The minimum absolute atomic E-state index is 0.151. The summed E-state index contributed by atoms with van der Waals surface area (Å²) in [5, 5.41) is 19.5. The van der Waals surface area contributed by atoms with Gasteiger partial charge >= 0.3 is 0 Å². The number of aliphatic hydroxyl groups excluding tert-OH is 1. The molecule has 0 aliphatic heterocycles. The maximum atomic E-state index is 10.1. The average molecular weight is 280 g/mol. The highest BCUT2D eigenvalue weighted by atomic mass is 35.5. The monoisotopic (exact) mass is 278 g/mol. The van der Waals surface area contributed by atoms with Gasteiger partial charge in [0, 0.05) is 15.6 Å². The lowest BCUT2D eigenvalue weighted by atomic mass is 9.96. The Balaban J connectivity index is 3.22. The fourth-order valence-corrected chi connectivity index (χ4v) is 1.96. The van der Waals surface area contributed by atoms with Crippen LogP contribution in [0.25, 0.3) is 0 Å². The van der Waals surface area contributed by atoms with Crippen molar-refractivity contribution in [3.63, 3.8) is 0 Å². The quantitative estimate of drug-likeness (QED) is 0.645. The molecule has 0 saturated heterocycles. The van der Waals surface area contributed by atoms with E-state index in [1.54, 1.807) is 12.1 Å². The molecule has 16 heavy (non-hydrogen) atoms. The van der Waals surface area contributed by atoms with Crippen LogP contribution in [0.4, 0.5) is 0 Å². The average Bonchev–Trinajstić information content (AvgIpc) is 2.26. The van der Waals surface area contributed by atoms with Gasteiger partial charge in [-0.2, -0.15) is 0 Å². The molecule has 1 unspecified atom stereocenters. The topological polar surface area (TPSA) is 40.5 Å². The zero-order valence-corrected chi connectivity index (χ0v) is 10.4. The van der Waals surface area contributed by atoms with Crippen molar-refractivity contribution in [2.45, 2.75) is 5.60 Å². The van der Waals surface area contributed by atoms with Gasteiger partial charge in [-0.25, -0.2) is 0 Å². The van der Waals surface area contributed by atoms with Crippen LogP contribution in [-0.4, -0.2) is 22.7 Å². The molecular formula is C11H9Cl3O2. The molecule has 0 bridgehead atoms. The summed E-state index contributed by atoms with van der Waals surface area (Å²) in [7, 11) is 0. The molecule has 0 aliphatic carbocycles. The van der Waals surface area contributed by atoms with E-state index < -0.39 is 5.60 Å². The minimum Gasteiger partial charge on any atom is -0.384 e. The first kappa shape index (κ1) is 13.6. The molecule has 0 amide bonds. The molecule has 1 atom stereocenters. The van der Waals surface area contributed by atoms with Gasteiger partial charge in [0.25, 0.3) is 0 Å². The summed E-state index contributed by atoms with van der Waals surface area (Å²) in [6, 6.07) is 4.64. The van der Waals surface area contributed by atoms with Crippen molar-refractivity contribution in [2.24, 2.45) is 0 Å². The zero-order chi connectivity index (χ0) is 12.2. The van der Waals surface area contributed by atoms with Gasteiger partial charge in [-0.1, -0.05) is 41.1 Å². The minimum atomic E-state index is -1.58. The number of alkyl halides is 1. The molecule has 5 heteroatoms. The largest absolute Gasteiger partial charge is 0.384 e. The van der Waals surface area contributed by atoms with Crippen molar-refractivity contribution in [3.05, 3.63) is 33.8 Å². The van der Waals surface area contributed by atoms with E-state index in [1.807, 2.05) is 0 Å². The van der Waals surface area contributed by atoms with Gasteiger partial charge in [-0.15, -0.1) is 11.6 Å². The summed E-state index contributed by atoms with van der Waals surface area (Å²) < 4.78 is 0. The Morgan fingerprint density at radius 3 is 2.50 bits per heavy atom. The van der Waals surface area contributed by atoms with Crippen molar-refractivity contribution in [1.29, 1.82) is 0 Å². The van der Waals surface area contributed by atoms with Gasteiger partial charge in [0.2, 0.25) is 0 Å². The third-order valence-electron chi connectivity index (χ3n) is 1.94. The lowest BCUT2D eigenvalue weighted by Gasteiger charge is -2.21. The molecule has 0 saturated carbocycles. The Bertz CT molecular complexity index is 437. The van der Waals surface area contributed by atoms with E-state index in [-0.39, 0.29) is 17.5 Å². The SMILES string of the molecule is OCC#CC(O)(CCl)c1ccc(Cl)cc1Cl. The van der Waals surface area contributed by atoms with Gasteiger partial charge in [-0.05, 0) is 12.1 Å². The molecule has 0 aliphatic rings. The van der Waals surface area contributed by atoms with Crippen molar-refractivity contribution in [3.8, 4) is 11.8 Å². The summed E-state index contributed by atoms with van der Waals surface area (Å²) in [6.45, 7) is -0.357.